The van der Waals surface area contributed by atoms with Gasteiger partial charge in [0.05, 0.1) is 11.3 Å². The fourth-order valence-corrected chi connectivity index (χ4v) is 2.15. The van der Waals surface area contributed by atoms with Crippen LogP contribution >= 0.6 is 11.6 Å². The summed E-state index contributed by atoms with van der Waals surface area (Å²) in [6.45, 7) is 0.251. The smallest absolute Gasteiger partial charge is 0.305 e. The van der Waals surface area contributed by atoms with Crippen LogP contribution in [0.1, 0.15) is 19.3 Å². The van der Waals surface area contributed by atoms with E-state index in [4.69, 9.17) is 16.7 Å². The van der Waals surface area contributed by atoms with Gasteiger partial charge in [-0.3, -0.25) is 14.9 Å². The predicted octanol–water partition coefficient (Wildman–Crippen LogP) is 2.69. The quantitative estimate of drug-likeness (QED) is 0.641. The first-order chi connectivity index (χ1) is 8.99. The highest BCUT2D eigenvalue weighted by atomic mass is 35.5. The van der Waals surface area contributed by atoms with Crippen molar-refractivity contribution < 1.29 is 14.8 Å². The molecule has 7 heteroatoms. The average molecular weight is 285 g/mol. The maximum absolute atomic E-state index is 11.0. The van der Waals surface area contributed by atoms with Gasteiger partial charge in [0, 0.05) is 23.7 Å². The van der Waals surface area contributed by atoms with Crippen LogP contribution in [-0.4, -0.2) is 28.6 Å². The van der Waals surface area contributed by atoms with Crippen molar-refractivity contribution in [3.8, 4) is 0 Å². The molecule has 19 heavy (non-hydrogen) atoms. The lowest BCUT2D eigenvalue weighted by Crippen LogP contribution is -2.29. The van der Waals surface area contributed by atoms with Crippen molar-refractivity contribution in [2.45, 2.75) is 25.3 Å². The van der Waals surface area contributed by atoms with Crippen molar-refractivity contribution in [2.24, 2.45) is 0 Å². The molecule has 1 saturated carbocycles. The van der Waals surface area contributed by atoms with E-state index in [1.807, 2.05) is 0 Å². The number of hydrogen-bond acceptors (Lipinski definition) is 4. The number of benzene rings is 1. The minimum absolute atomic E-state index is 0.0401. The summed E-state index contributed by atoms with van der Waals surface area (Å²) in [6.07, 6.45) is 1.78. The molecule has 6 nitrogen and oxygen atoms in total. The zero-order valence-corrected chi connectivity index (χ0v) is 10.8. The van der Waals surface area contributed by atoms with Crippen molar-refractivity contribution in [3.05, 3.63) is 33.3 Å². The highest BCUT2D eigenvalue weighted by molar-refractivity contribution is 6.31. The van der Waals surface area contributed by atoms with Gasteiger partial charge in [-0.25, -0.2) is 0 Å². The number of carboxylic acids is 1. The van der Waals surface area contributed by atoms with E-state index in [0.29, 0.717) is 10.7 Å². The molecule has 1 aromatic rings. The molecule has 0 radical (unpaired) electrons. The summed E-state index contributed by atoms with van der Waals surface area (Å²) in [5, 5.41) is 20.2. The van der Waals surface area contributed by atoms with Crippen LogP contribution < -0.4 is 4.90 Å². The van der Waals surface area contributed by atoms with E-state index in [0.717, 1.165) is 12.8 Å². The molecular weight excluding hydrogens is 272 g/mol. The summed E-state index contributed by atoms with van der Waals surface area (Å²) in [6, 6.07) is 4.52. The average Bonchev–Trinajstić information content (AvgIpc) is 3.13. The van der Waals surface area contributed by atoms with Crippen LogP contribution in [-0.2, 0) is 4.79 Å². The molecule has 1 fully saturated rings. The zero-order chi connectivity index (χ0) is 14.0. The van der Waals surface area contributed by atoms with E-state index in [1.54, 1.807) is 4.90 Å². The van der Waals surface area contributed by atoms with Gasteiger partial charge in [0.1, 0.15) is 5.69 Å². The molecule has 0 bridgehead atoms. The van der Waals surface area contributed by atoms with Crippen LogP contribution in [0, 0.1) is 10.1 Å². The van der Waals surface area contributed by atoms with Gasteiger partial charge in [0.25, 0.3) is 5.69 Å². The van der Waals surface area contributed by atoms with Crippen LogP contribution in [0.2, 0.25) is 5.02 Å². The van der Waals surface area contributed by atoms with E-state index in [-0.39, 0.29) is 24.7 Å². The second-order valence-corrected chi connectivity index (χ2v) is 4.89. The third-order valence-corrected chi connectivity index (χ3v) is 3.23. The molecule has 0 aromatic heterocycles. The first-order valence-corrected chi connectivity index (χ1v) is 6.29. The van der Waals surface area contributed by atoms with E-state index in [1.165, 1.54) is 18.2 Å². The molecule has 2 rings (SSSR count). The Hall–Kier alpha value is -1.82. The zero-order valence-electron chi connectivity index (χ0n) is 10.1. The van der Waals surface area contributed by atoms with Gasteiger partial charge >= 0.3 is 5.97 Å². The molecule has 0 heterocycles. The Kier molecular flexibility index (Phi) is 3.90. The molecular formula is C12H13ClN2O4. The highest BCUT2D eigenvalue weighted by Gasteiger charge is 2.33. The Morgan fingerprint density at radius 1 is 1.53 bits per heavy atom. The third-order valence-electron chi connectivity index (χ3n) is 3.00. The number of aliphatic carboxylic acids is 1. The third kappa shape index (κ3) is 3.35. The summed E-state index contributed by atoms with van der Waals surface area (Å²) in [5.41, 5.74) is 0.364. The second-order valence-electron chi connectivity index (χ2n) is 4.46. The topological polar surface area (TPSA) is 83.7 Å². The number of rotatable bonds is 6. The first kappa shape index (κ1) is 13.6. The largest absolute Gasteiger partial charge is 0.481 e. The van der Waals surface area contributed by atoms with Gasteiger partial charge in [0.15, 0.2) is 0 Å². The van der Waals surface area contributed by atoms with Crippen molar-refractivity contribution in [2.75, 3.05) is 11.4 Å². The van der Waals surface area contributed by atoms with Gasteiger partial charge < -0.3 is 10.0 Å². The normalized spacial score (nSPS) is 14.2. The standard InChI is InChI=1S/C12H13ClN2O4/c13-8-1-4-10(15(18)19)11(7-8)14(9-2-3-9)6-5-12(16)17/h1,4,7,9H,2-3,5-6H2,(H,16,17). The van der Waals surface area contributed by atoms with Crippen molar-refractivity contribution in [3.63, 3.8) is 0 Å². The Labute approximate surface area is 114 Å². The Morgan fingerprint density at radius 2 is 2.21 bits per heavy atom. The SMILES string of the molecule is O=C(O)CCN(c1cc(Cl)ccc1[N+](=O)[O-])C1CC1. The number of nitro groups is 1. The molecule has 0 atom stereocenters. The van der Waals surface area contributed by atoms with Crippen molar-refractivity contribution >= 4 is 28.9 Å². The Morgan fingerprint density at radius 3 is 2.74 bits per heavy atom. The highest BCUT2D eigenvalue weighted by Crippen LogP contribution is 2.38. The van der Waals surface area contributed by atoms with E-state index >= 15 is 0 Å². The molecule has 0 amide bonds. The second kappa shape index (κ2) is 5.44. The number of nitro benzene ring substituents is 1. The number of nitrogens with zero attached hydrogens (tertiary/aromatic N) is 2. The number of halogens is 1. The van der Waals surface area contributed by atoms with Crippen LogP contribution in [0.4, 0.5) is 11.4 Å². The fraction of sp³-hybridized carbons (Fsp3) is 0.417. The van der Waals surface area contributed by atoms with Crippen LogP contribution in [0.5, 0.6) is 0 Å². The van der Waals surface area contributed by atoms with E-state index < -0.39 is 10.9 Å². The molecule has 1 aromatic carbocycles. The predicted molar refractivity (Wildman–Crippen MR) is 70.7 cm³/mol. The maximum Gasteiger partial charge on any atom is 0.305 e. The Bertz CT molecular complexity index is 516. The van der Waals surface area contributed by atoms with Gasteiger partial charge in [-0.2, -0.15) is 0 Å². The van der Waals surface area contributed by atoms with Gasteiger partial charge in [0.2, 0.25) is 0 Å². The van der Waals surface area contributed by atoms with Crippen LogP contribution in [0.15, 0.2) is 18.2 Å². The molecule has 1 aliphatic rings. The minimum Gasteiger partial charge on any atom is -0.481 e. The first-order valence-electron chi connectivity index (χ1n) is 5.91. The minimum atomic E-state index is -0.921. The molecule has 0 saturated heterocycles. The molecule has 0 unspecified atom stereocenters. The summed E-state index contributed by atoms with van der Waals surface area (Å²) >= 11 is 5.89. The van der Waals surface area contributed by atoms with E-state index in [2.05, 4.69) is 0 Å². The van der Waals surface area contributed by atoms with Gasteiger partial charge in [-0.1, -0.05) is 11.6 Å². The van der Waals surface area contributed by atoms with Crippen molar-refractivity contribution in [1.29, 1.82) is 0 Å². The summed E-state index contributed by atoms with van der Waals surface area (Å²) in [7, 11) is 0. The summed E-state index contributed by atoms with van der Waals surface area (Å²) < 4.78 is 0. The van der Waals surface area contributed by atoms with Crippen LogP contribution in [0.25, 0.3) is 0 Å². The lowest BCUT2D eigenvalue weighted by molar-refractivity contribution is -0.384. The van der Waals surface area contributed by atoms with Gasteiger partial charge in [-0.05, 0) is 25.0 Å². The summed E-state index contributed by atoms with van der Waals surface area (Å²) in [5.74, 6) is -0.921. The maximum atomic E-state index is 11.0. The molecule has 1 aliphatic carbocycles. The fourth-order valence-electron chi connectivity index (χ4n) is 1.98. The molecule has 0 spiro atoms. The summed E-state index contributed by atoms with van der Waals surface area (Å²) in [4.78, 5) is 23.0. The van der Waals surface area contributed by atoms with Crippen LogP contribution in [0.3, 0.4) is 0 Å². The monoisotopic (exact) mass is 284 g/mol. The van der Waals surface area contributed by atoms with E-state index in [9.17, 15) is 14.9 Å². The number of carboxylic acid groups (broad SMARTS) is 1. The molecule has 1 N–H and O–H groups in total. The number of anilines is 1. The number of hydrogen-bond donors (Lipinski definition) is 1. The van der Waals surface area contributed by atoms with Crippen molar-refractivity contribution in [1.82, 2.24) is 0 Å². The lowest BCUT2D eigenvalue weighted by Gasteiger charge is -2.23. The number of carbonyl (C=O) groups is 1. The molecule has 0 aliphatic heterocycles. The lowest BCUT2D eigenvalue weighted by atomic mass is 10.2. The Balaban J connectivity index is 2.32. The molecule has 102 valence electrons. The van der Waals surface area contributed by atoms with Gasteiger partial charge in [-0.15, -0.1) is 0 Å².